The van der Waals surface area contributed by atoms with E-state index < -0.39 is 0 Å². The summed E-state index contributed by atoms with van der Waals surface area (Å²) < 4.78 is 0. The van der Waals surface area contributed by atoms with E-state index in [2.05, 4.69) is 69.4 Å². The maximum atomic E-state index is 12.6. The molecule has 1 aliphatic heterocycles. The van der Waals surface area contributed by atoms with E-state index in [0.717, 1.165) is 17.7 Å². The fraction of sp³-hybridized carbons (Fsp3) is 0.579. The Kier molecular flexibility index (Phi) is 3.42. The lowest BCUT2D eigenvalue weighted by Gasteiger charge is -2.36. The third kappa shape index (κ3) is 2.69. The summed E-state index contributed by atoms with van der Waals surface area (Å²) in [6, 6.07) is 8.69. The van der Waals surface area contributed by atoms with Crippen molar-refractivity contribution in [2.75, 3.05) is 0 Å². The number of hydrazone groups is 1. The van der Waals surface area contributed by atoms with Crippen molar-refractivity contribution >= 4 is 11.5 Å². The normalized spacial score (nSPS) is 27.1. The molecule has 3 rings (SSSR count). The second kappa shape index (κ2) is 4.94. The summed E-state index contributed by atoms with van der Waals surface area (Å²) in [7, 11) is 0. The Hall–Kier alpha value is -1.64. The molecule has 0 saturated heterocycles. The fourth-order valence-electron chi connectivity index (χ4n) is 3.66. The smallest absolute Gasteiger partial charge is 0.144 e. The zero-order valence-electron chi connectivity index (χ0n) is 14.2. The second-order valence-corrected chi connectivity index (χ2v) is 8.55. The Morgan fingerprint density at radius 2 is 1.82 bits per heavy atom. The van der Waals surface area contributed by atoms with Gasteiger partial charge in [0, 0.05) is 6.42 Å². The van der Waals surface area contributed by atoms with Gasteiger partial charge >= 0.3 is 0 Å². The van der Waals surface area contributed by atoms with Crippen LogP contribution in [0.15, 0.2) is 29.4 Å². The maximum absolute atomic E-state index is 12.6. The van der Waals surface area contributed by atoms with Crippen molar-refractivity contribution in [3.8, 4) is 0 Å². The van der Waals surface area contributed by atoms with Gasteiger partial charge in [-0.05, 0) is 28.4 Å². The summed E-state index contributed by atoms with van der Waals surface area (Å²) in [6.07, 6.45) is 1.64. The first-order valence-electron chi connectivity index (χ1n) is 8.14. The number of carbonyl (C=O) groups excluding carboxylic acids is 1. The van der Waals surface area contributed by atoms with Crippen LogP contribution in [0.3, 0.4) is 0 Å². The Labute approximate surface area is 133 Å². The SMILES string of the molecule is CC1(C)CC(=O)[C@@H]2C(c3ccc(C(C)(C)C)cc3)=NN[C@@H]2C1. The van der Waals surface area contributed by atoms with Gasteiger partial charge in [-0.1, -0.05) is 58.9 Å². The molecule has 3 nitrogen and oxygen atoms in total. The van der Waals surface area contributed by atoms with Gasteiger partial charge in [0.05, 0.1) is 17.7 Å². The largest absolute Gasteiger partial charge is 0.306 e. The van der Waals surface area contributed by atoms with E-state index in [4.69, 9.17) is 0 Å². The average Bonchev–Trinajstić information content (AvgIpc) is 2.80. The first-order chi connectivity index (χ1) is 10.2. The van der Waals surface area contributed by atoms with Crippen LogP contribution >= 0.6 is 0 Å². The highest BCUT2D eigenvalue weighted by atomic mass is 16.1. The standard InChI is InChI=1S/C19H26N2O/c1-18(2,3)13-8-6-12(7-9-13)17-16-14(20-21-17)10-19(4,5)11-15(16)22/h6-9,14,16,20H,10-11H2,1-5H3/t14-,16-/m1/s1. The molecule has 1 fully saturated rings. The molecule has 1 N–H and O–H groups in total. The van der Waals surface area contributed by atoms with Crippen LogP contribution in [0.25, 0.3) is 0 Å². The summed E-state index contributed by atoms with van der Waals surface area (Å²) in [5.74, 6) is 0.249. The van der Waals surface area contributed by atoms with Crippen molar-refractivity contribution in [1.29, 1.82) is 0 Å². The van der Waals surface area contributed by atoms with Crippen LogP contribution in [0.1, 0.15) is 58.6 Å². The third-order valence-electron chi connectivity index (χ3n) is 4.87. The third-order valence-corrected chi connectivity index (χ3v) is 4.87. The van der Waals surface area contributed by atoms with Crippen LogP contribution in [0.5, 0.6) is 0 Å². The molecule has 0 amide bonds. The Balaban J connectivity index is 1.86. The van der Waals surface area contributed by atoms with Gasteiger partial charge in [-0.2, -0.15) is 5.10 Å². The van der Waals surface area contributed by atoms with Crippen LogP contribution in [-0.2, 0) is 10.2 Å². The van der Waals surface area contributed by atoms with Crippen molar-refractivity contribution in [2.24, 2.45) is 16.4 Å². The molecule has 1 saturated carbocycles. The quantitative estimate of drug-likeness (QED) is 0.859. The predicted molar refractivity (Wildman–Crippen MR) is 90.1 cm³/mol. The van der Waals surface area contributed by atoms with E-state index in [1.54, 1.807) is 0 Å². The van der Waals surface area contributed by atoms with Gasteiger partial charge in [-0.25, -0.2) is 0 Å². The minimum Gasteiger partial charge on any atom is -0.306 e. The summed E-state index contributed by atoms with van der Waals surface area (Å²) >= 11 is 0. The van der Waals surface area contributed by atoms with Gasteiger partial charge < -0.3 is 5.43 Å². The number of rotatable bonds is 1. The molecular weight excluding hydrogens is 272 g/mol. The maximum Gasteiger partial charge on any atom is 0.144 e. The average molecular weight is 298 g/mol. The molecule has 1 aromatic rings. The van der Waals surface area contributed by atoms with Crippen LogP contribution in [0.2, 0.25) is 0 Å². The van der Waals surface area contributed by atoms with Crippen LogP contribution in [-0.4, -0.2) is 17.5 Å². The molecule has 22 heavy (non-hydrogen) atoms. The molecule has 0 unspecified atom stereocenters. The van der Waals surface area contributed by atoms with Crippen molar-refractivity contribution < 1.29 is 4.79 Å². The monoisotopic (exact) mass is 298 g/mol. The van der Waals surface area contributed by atoms with E-state index in [1.807, 2.05) is 0 Å². The molecule has 1 aliphatic carbocycles. The Morgan fingerprint density at radius 1 is 1.18 bits per heavy atom. The predicted octanol–water partition coefficient (Wildman–Crippen LogP) is 3.67. The van der Waals surface area contributed by atoms with E-state index >= 15 is 0 Å². The lowest BCUT2D eigenvalue weighted by atomic mass is 9.68. The summed E-state index contributed by atoms with van der Waals surface area (Å²) in [5.41, 5.74) is 6.72. The van der Waals surface area contributed by atoms with E-state index in [9.17, 15) is 4.79 Å². The van der Waals surface area contributed by atoms with Crippen molar-refractivity contribution in [2.45, 2.75) is 58.9 Å². The van der Waals surface area contributed by atoms with E-state index in [0.29, 0.717) is 12.2 Å². The number of nitrogens with one attached hydrogen (secondary N) is 1. The van der Waals surface area contributed by atoms with Gasteiger partial charge in [0.2, 0.25) is 0 Å². The minimum absolute atomic E-state index is 0.0755. The molecule has 2 aliphatic rings. The van der Waals surface area contributed by atoms with Gasteiger partial charge in [0.25, 0.3) is 0 Å². The van der Waals surface area contributed by atoms with Gasteiger partial charge in [0.15, 0.2) is 0 Å². The van der Waals surface area contributed by atoms with Crippen molar-refractivity contribution in [3.05, 3.63) is 35.4 Å². The molecule has 2 atom stereocenters. The number of hydrogen-bond acceptors (Lipinski definition) is 3. The molecule has 0 bridgehead atoms. The summed E-state index contributed by atoms with van der Waals surface area (Å²) in [5, 5.41) is 4.50. The molecule has 1 heterocycles. The van der Waals surface area contributed by atoms with Crippen LogP contribution < -0.4 is 5.43 Å². The van der Waals surface area contributed by atoms with Gasteiger partial charge in [-0.3, -0.25) is 4.79 Å². The Bertz CT molecular complexity index is 620. The van der Waals surface area contributed by atoms with Crippen molar-refractivity contribution in [1.82, 2.24) is 5.43 Å². The summed E-state index contributed by atoms with van der Waals surface area (Å²) in [4.78, 5) is 12.6. The topological polar surface area (TPSA) is 41.5 Å². The zero-order valence-corrected chi connectivity index (χ0v) is 14.2. The van der Waals surface area contributed by atoms with Crippen molar-refractivity contribution in [3.63, 3.8) is 0 Å². The van der Waals surface area contributed by atoms with Gasteiger partial charge in [0.1, 0.15) is 5.78 Å². The molecule has 0 aromatic heterocycles. The molecule has 0 radical (unpaired) electrons. The lowest BCUT2D eigenvalue weighted by molar-refractivity contribution is -0.126. The first kappa shape index (κ1) is 15.3. The summed E-state index contributed by atoms with van der Waals surface area (Å²) in [6.45, 7) is 11.0. The molecule has 3 heteroatoms. The number of fused-ring (bicyclic) bond motifs is 1. The van der Waals surface area contributed by atoms with E-state index in [-0.39, 0.29) is 22.8 Å². The number of carbonyl (C=O) groups is 1. The van der Waals surface area contributed by atoms with Crippen LogP contribution in [0, 0.1) is 11.3 Å². The Morgan fingerprint density at radius 3 is 2.41 bits per heavy atom. The zero-order chi connectivity index (χ0) is 16.1. The molecule has 118 valence electrons. The second-order valence-electron chi connectivity index (χ2n) is 8.55. The number of nitrogens with zero attached hydrogens (tertiary/aromatic N) is 1. The molecular formula is C19H26N2O. The highest BCUT2D eigenvalue weighted by molar-refractivity contribution is 6.15. The van der Waals surface area contributed by atoms with Gasteiger partial charge in [-0.15, -0.1) is 0 Å². The number of Topliss-reactive ketones (excluding diaryl/α,β-unsaturated/α-hetero) is 1. The lowest BCUT2D eigenvalue weighted by Crippen LogP contribution is -2.45. The molecule has 1 aromatic carbocycles. The first-order valence-corrected chi connectivity index (χ1v) is 8.14. The number of ketones is 1. The number of benzene rings is 1. The fourth-order valence-corrected chi connectivity index (χ4v) is 3.66. The highest BCUT2D eigenvalue weighted by Gasteiger charge is 2.46. The number of hydrogen-bond donors (Lipinski definition) is 1. The minimum atomic E-state index is -0.0755. The van der Waals surface area contributed by atoms with E-state index in [1.165, 1.54) is 5.56 Å². The highest BCUT2D eigenvalue weighted by Crippen LogP contribution is 2.39. The van der Waals surface area contributed by atoms with Crippen LogP contribution in [0.4, 0.5) is 0 Å². The molecule has 0 spiro atoms.